The normalized spacial score (nSPS) is 11.5. The fourth-order valence-electron chi connectivity index (χ4n) is 1.86. The highest BCUT2D eigenvalue weighted by molar-refractivity contribution is 5.82. The lowest BCUT2D eigenvalue weighted by atomic mass is 9.97. The van der Waals surface area contributed by atoms with Crippen molar-refractivity contribution in [2.45, 2.75) is 6.92 Å². The van der Waals surface area contributed by atoms with Crippen LogP contribution in [0.5, 0.6) is 0 Å². The molecule has 0 unspecified atom stereocenters. The first-order valence-corrected chi connectivity index (χ1v) is 5.59. The lowest BCUT2D eigenvalue weighted by Gasteiger charge is -2.09. The van der Waals surface area contributed by atoms with Crippen LogP contribution in [0, 0.1) is 0 Å². The van der Waals surface area contributed by atoms with E-state index in [4.69, 9.17) is 11.5 Å². The van der Waals surface area contributed by atoms with Gasteiger partial charge in [0.2, 0.25) is 0 Å². The molecule has 2 nitrogen and oxygen atoms in total. The smallest absolute Gasteiger partial charge is 0.0554 e. The Hall–Kier alpha value is -2.22. The van der Waals surface area contributed by atoms with Crippen molar-refractivity contribution in [2.75, 3.05) is 11.5 Å². The van der Waals surface area contributed by atoms with Crippen LogP contribution in [0.4, 0.5) is 11.4 Å². The van der Waals surface area contributed by atoms with Gasteiger partial charge in [-0.15, -0.1) is 0 Å². The average Bonchev–Trinajstić information content (AvgIpc) is 2.36. The SMILES string of the molecule is CC=C(c1ccccc1)c1ccc(N)c(N)c1. The van der Waals surface area contributed by atoms with Gasteiger partial charge in [0.05, 0.1) is 11.4 Å². The van der Waals surface area contributed by atoms with Crippen LogP contribution in [0.15, 0.2) is 54.6 Å². The number of anilines is 2. The lowest BCUT2D eigenvalue weighted by Crippen LogP contribution is -1.96. The maximum Gasteiger partial charge on any atom is 0.0554 e. The van der Waals surface area contributed by atoms with Crippen LogP contribution >= 0.6 is 0 Å². The third kappa shape index (κ3) is 2.31. The molecule has 0 aliphatic heterocycles. The Bertz CT molecular complexity index is 542. The molecule has 0 spiro atoms. The van der Waals surface area contributed by atoms with Gasteiger partial charge in [0.1, 0.15) is 0 Å². The van der Waals surface area contributed by atoms with Crippen LogP contribution in [-0.2, 0) is 0 Å². The van der Waals surface area contributed by atoms with E-state index in [0.29, 0.717) is 11.4 Å². The third-order valence-corrected chi connectivity index (χ3v) is 2.77. The largest absolute Gasteiger partial charge is 0.397 e. The Balaban J connectivity index is 2.47. The van der Waals surface area contributed by atoms with Crippen LogP contribution < -0.4 is 11.5 Å². The van der Waals surface area contributed by atoms with E-state index < -0.39 is 0 Å². The highest BCUT2D eigenvalue weighted by Gasteiger charge is 2.05. The van der Waals surface area contributed by atoms with E-state index in [1.807, 2.05) is 43.3 Å². The fraction of sp³-hybridized carbons (Fsp3) is 0.0667. The molecule has 0 fully saturated rings. The molecule has 4 N–H and O–H groups in total. The first-order valence-electron chi connectivity index (χ1n) is 5.59. The summed E-state index contributed by atoms with van der Waals surface area (Å²) in [4.78, 5) is 0. The number of nitrogen functional groups attached to an aromatic ring is 2. The van der Waals surface area contributed by atoms with Crippen LogP contribution in [-0.4, -0.2) is 0 Å². The van der Waals surface area contributed by atoms with E-state index in [2.05, 4.69) is 18.2 Å². The minimum atomic E-state index is 0.622. The van der Waals surface area contributed by atoms with Crippen LogP contribution in [0.3, 0.4) is 0 Å². The van der Waals surface area contributed by atoms with E-state index in [1.165, 1.54) is 5.56 Å². The topological polar surface area (TPSA) is 52.0 Å². The van der Waals surface area contributed by atoms with Crippen molar-refractivity contribution in [1.82, 2.24) is 0 Å². The Kier molecular flexibility index (Phi) is 3.15. The Labute approximate surface area is 102 Å². The predicted octanol–water partition coefficient (Wildman–Crippen LogP) is 3.30. The van der Waals surface area contributed by atoms with Crippen molar-refractivity contribution in [1.29, 1.82) is 0 Å². The van der Waals surface area contributed by atoms with E-state index in [1.54, 1.807) is 0 Å². The summed E-state index contributed by atoms with van der Waals surface area (Å²) in [7, 11) is 0. The maximum atomic E-state index is 5.84. The molecule has 0 saturated carbocycles. The van der Waals surface area contributed by atoms with Crippen molar-refractivity contribution in [2.24, 2.45) is 0 Å². The zero-order valence-electron chi connectivity index (χ0n) is 9.85. The summed E-state index contributed by atoms with van der Waals surface area (Å²) in [6.45, 7) is 2.02. The molecular weight excluding hydrogens is 208 g/mol. The van der Waals surface area contributed by atoms with Gasteiger partial charge in [0, 0.05) is 0 Å². The number of hydrogen-bond acceptors (Lipinski definition) is 2. The number of rotatable bonds is 2. The van der Waals surface area contributed by atoms with Crippen molar-refractivity contribution < 1.29 is 0 Å². The second kappa shape index (κ2) is 4.74. The fourth-order valence-corrected chi connectivity index (χ4v) is 1.86. The molecule has 2 heteroatoms. The van der Waals surface area contributed by atoms with Gasteiger partial charge in [0.15, 0.2) is 0 Å². The number of allylic oxidation sites excluding steroid dienone is 1. The molecule has 0 heterocycles. The number of hydrogen-bond donors (Lipinski definition) is 2. The maximum absolute atomic E-state index is 5.84. The summed E-state index contributed by atoms with van der Waals surface area (Å²) in [5.74, 6) is 0. The minimum absolute atomic E-state index is 0.622. The molecule has 0 radical (unpaired) electrons. The molecule has 86 valence electrons. The van der Waals surface area contributed by atoms with Crippen LogP contribution in [0.1, 0.15) is 18.1 Å². The van der Waals surface area contributed by atoms with Gasteiger partial charge in [-0.05, 0) is 35.8 Å². The molecule has 0 aliphatic rings. The summed E-state index contributed by atoms with van der Waals surface area (Å²) in [5.41, 5.74) is 16.2. The molecule has 0 aromatic heterocycles. The van der Waals surface area contributed by atoms with Crippen molar-refractivity contribution in [3.8, 4) is 0 Å². The Morgan fingerprint density at radius 2 is 1.59 bits per heavy atom. The lowest BCUT2D eigenvalue weighted by molar-refractivity contribution is 1.52. The third-order valence-electron chi connectivity index (χ3n) is 2.77. The average molecular weight is 224 g/mol. The predicted molar refractivity (Wildman–Crippen MR) is 74.5 cm³/mol. The zero-order valence-corrected chi connectivity index (χ0v) is 9.85. The van der Waals surface area contributed by atoms with Gasteiger partial charge in [-0.1, -0.05) is 42.5 Å². The molecule has 0 saturated heterocycles. The highest BCUT2D eigenvalue weighted by atomic mass is 14.7. The standard InChI is InChI=1S/C15H16N2/c1-2-13(11-6-4-3-5-7-11)12-8-9-14(16)15(17)10-12/h2-10H,16-17H2,1H3. The highest BCUT2D eigenvalue weighted by Crippen LogP contribution is 2.26. The molecule has 2 rings (SSSR count). The molecule has 2 aromatic rings. The Morgan fingerprint density at radius 3 is 2.18 bits per heavy atom. The number of nitrogens with two attached hydrogens (primary N) is 2. The first-order chi connectivity index (χ1) is 8.22. The van der Waals surface area contributed by atoms with E-state index in [9.17, 15) is 0 Å². The van der Waals surface area contributed by atoms with E-state index in [0.717, 1.165) is 11.1 Å². The zero-order chi connectivity index (χ0) is 12.3. The summed E-state index contributed by atoms with van der Waals surface area (Å²) in [6.07, 6.45) is 2.08. The van der Waals surface area contributed by atoms with Gasteiger partial charge in [-0.25, -0.2) is 0 Å². The molecule has 0 aliphatic carbocycles. The van der Waals surface area contributed by atoms with Crippen molar-refractivity contribution >= 4 is 16.9 Å². The van der Waals surface area contributed by atoms with E-state index in [-0.39, 0.29) is 0 Å². The molecule has 2 aromatic carbocycles. The van der Waals surface area contributed by atoms with Gasteiger partial charge < -0.3 is 11.5 Å². The second-order valence-electron chi connectivity index (χ2n) is 3.91. The molecule has 0 amide bonds. The van der Waals surface area contributed by atoms with E-state index >= 15 is 0 Å². The van der Waals surface area contributed by atoms with Crippen LogP contribution in [0.25, 0.3) is 5.57 Å². The monoisotopic (exact) mass is 224 g/mol. The van der Waals surface area contributed by atoms with Crippen LogP contribution in [0.2, 0.25) is 0 Å². The number of benzene rings is 2. The summed E-state index contributed by atoms with van der Waals surface area (Å²) in [6, 6.07) is 16.0. The van der Waals surface area contributed by atoms with Crippen molar-refractivity contribution in [3.05, 3.63) is 65.7 Å². The van der Waals surface area contributed by atoms with Gasteiger partial charge in [-0.2, -0.15) is 0 Å². The quantitative estimate of drug-likeness (QED) is 0.769. The van der Waals surface area contributed by atoms with Gasteiger partial charge in [0.25, 0.3) is 0 Å². The minimum Gasteiger partial charge on any atom is -0.397 e. The molecule has 0 bridgehead atoms. The summed E-state index contributed by atoms with van der Waals surface area (Å²) in [5, 5.41) is 0. The molecule has 0 atom stereocenters. The van der Waals surface area contributed by atoms with Crippen molar-refractivity contribution in [3.63, 3.8) is 0 Å². The molecular formula is C15H16N2. The summed E-state index contributed by atoms with van der Waals surface area (Å²) >= 11 is 0. The molecule has 17 heavy (non-hydrogen) atoms. The second-order valence-corrected chi connectivity index (χ2v) is 3.91. The summed E-state index contributed by atoms with van der Waals surface area (Å²) < 4.78 is 0. The van der Waals surface area contributed by atoms with Gasteiger partial charge in [-0.3, -0.25) is 0 Å². The first kappa shape index (κ1) is 11.3. The van der Waals surface area contributed by atoms with Gasteiger partial charge >= 0.3 is 0 Å². The Morgan fingerprint density at radius 1 is 0.882 bits per heavy atom.